The van der Waals surface area contributed by atoms with E-state index in [0.29, 0.717) is 31.5 Å². The summed E-state index contributed by atoms with van der Waals surface area (Å²) in [7, 11) is -3.44. The lowest BCUT2D eigenvalue weighted by atomic mass is 9.80. The Labute approximate surface area is 201 Å². The molecular weight excluding hydrogens is 454 g/mol. The summed E-state index contributed by atoms with van der Waals surface area (Å²) in [6.07, 6.45) is 9.33. The maximum absolute atomic E-state index is 13.5. The number of ketones is 1. The molecule has 0 aromatic heterocycles. The third-order valence-corrected chi connectivity index (χ3v) is 8.71. The van der Waals surface area contributed by atoms with Gasteiger partial charge < -0.3 is 15.5 Å². The van der Waals surface area contributed by atoms with Gasteiger partial charge in [0.05, 0.1) is 23.2 Å². The van der Waals surface area contributed by atoms with E-state index in [1.165, 1.54) is 0 Å². The average Bonchev–Trinajstić information content (AvgIpc) is 3.36. The zero-order valence-electron chi connectivity index (χ0n) is 19.8. The van der Waals surface area contributed by atoms with Gasteiger partial charge in [0.1, 0.15) is 5.54 Å². The minimum atomic E-state index is -3.44. The number of sulfone groups is 1. The molecule has 3 aliphatic rings. The van der Waals surface area contributed by atoms with E-state index in [-0.39, 0.29) is 35.0 Å². The second-order valence-electron chi connectivity index (χ2n) is 10.1. The maximum Gasteiger partial charge on any atom is 0.246 e. The molecule has 4 rings (SSSR count). The van der Waals surface area contributed by atoms with E-state index >= 15 is 0 Å². The van der Waals surface area contributed by atoms with Crippen molar-refractivity contribution >= 4 is 33.1 Å². The molecule has 8 nitrogen and oxygen atoms in total. The predicted molar refractivity (Wildman–Crippen MR) is 129 cm³/mol. The highest BCUT2D eigenvalue weighted by atomic mass is 32.2. The lowest BCUT2D eigenvalue weighted by molar-refractivity contribution is -0.138. The normalized spacial score (nSPS) is 23.5. The molecule has 3 fully saturated rings. The fourth-order valence-corrected chi connectivity index (χ4v) is 6.50. The van der Waals surface area contributed by atoms with Gasteiger partial charge in [0.2, 0.25) is 11.8 Å². The van der Waals surface area contributed by atoms with Crippen molar-refractivity contribution in [2.45, 2.75) is 80.7 Å². The fourth-order valence-electron chi connectivity index (χ4n) is 5.60. The summed E-state index contributed by atoms with van der Waals surface area (Å²) in [6.45, 7) is 0.476. The van der Waals surface area contributed by atoms with Crippen LogP contribution in [0.15, 0.2) is 29.2 Å². The van der Waals surface area contributed by atoms with Gasteiger partial charge in [-0.1, -0.05) is 44.2 Å². The molecule has 1 aromatic carbocycles. The molecule has 1 saturated heterocycles. The summed E-state index contributed by atoms with van der Waals surface area (Å²) < 4.78 is 24.4. The molecule has 0 radical (unpaired) electrons. The average molecular weight is 490 g/mol. The third kappa shape index (κ3) is 5.29. The van der Waals surface area contributed by atoms with Gasteiger partial charge in [-0.25, -0.2) is 8.42 Å². The van der Waals surface area contributed by atoms with Gasteiger partial charge in [-0.2, -0.15) is 0 Å². The van der Waals surface area contributed by atoms with Gasteiger partial charge in [-0.05, 0) is 44.2 Å². The number of amides is 2. The molecule has 1 aliphatic heterocycles. The summed E-state index contributed by atoms with van der Waals surface area (Å²) in [5.74, 6) is -0.475. The van der Waals surface area contributed by atoms with Crippen LogP contribution in [-0.2, 0) is 24.2 Å². The van der Waals surface area contributed by atoms with Crippen molar-refractivity contribution in [1.29, 1.82) is 0 Å². The molecule has 1 aromatic rings. The number of Topliss-reactive ketones (excluding diaryl/α,β-unsaturated/α-hetero) is 1. The van der Waals surface area contributed by atoms with Crippen molar-refractivity contribution in [3.05, 3.63) is 24.3 Å². The fraction of sp³-hybridized carbons (Fsp3) is 0.640. The van der Waals surface area contributed by atoms with E-state index in [1.54, 1.807) is 29.2 Å². The molecule has 1 atom stereocenters. The number of anilines is 1. The quantitative estimate of drug-likeness (QED) is 0.634. The Kier molecular flexibility index (Phi) is 7.31. The molecule has 186 valence electrons. The van der Waals surface area contributed by atoms with Gasteiger partial charge >= 0.3 is 0 Å². The second-order valence-corrected chi connectivity index (χ2v) is 12.0. The standard InChI is InChI=1S/C25H35N3O5S/c1-34(32,33)22-12-6-5-11-20(22)28-16-13-19(21(29)17-28)26-24(31)25(14-7-2-8-15-25)27-23(30)18-9-3-4-10-18/h5-6,11-12,18-19H,2-4,7-10,13-17H2,1H3,(H,26,31)(H,27,30). The van der Waals surface area contributed by atoms with Crippen LogP contribution >= 0.6 is 0 Å². The molecule has 2 amide bonds. The number of hydrogen-bond acceptors (Lipinski definition) is 6. The van der Waals surface area contributed by atoms with Gasteiger partial charge in [-0.15, -0.1) is 0 Å². The van der Waals surface area contributed by atoms with Crippen LogP contribution in [0.4, 0.5) is 5.69 Å². The maximum atomic E-state index is 13.5. The van der Waals surface area contributed by atoms with Crippen molar-refractivity contribution in [1.82, 2.24) is 10.6 Å². The first-order valence-corrected chi connectivity index (χ1v) is 14.3. The molecule has 2 aliphatic carbocycles. The molecule has 0 spiro atoms. The summed E-state index contributed by atoms with van der Waals surface area (Å²) in [6, 6.07) is 6.03. The van der Waals surface area contributed by atoms with Gasteiger partial charge in [0.25, 0.3) is 0 Å². The summed E-state index contributed by atoms with van der Waals surface area (Å²) in [4.78, 5) is 41.3. The van der Waals surface area contributed by atoms with Crippen molar-refractivity contribution in [3.8, 4) is 0 Å². The Morgan fingerprint density at radius 1 is 1.00 bits per heavy atom. The zero-order chi connectivity index (χ0) is 24.3. The van der Waals surface area contributed by atoms with Crippen LogP contribution in [0.1, 0.15) is 64.2 Å². The number of piperidine rings is 1. The van der Waals surface area contributed by atoms with Gasteiger partial charge in [-0.3, -0.25) is 14.4 Å². The van der Waals surface area contributed by atoms with Gasteiger partial charge in [0.15, 0.2) is 15.6 Å². The smallest absolute Gasteiger partial charge is 0.246 e. The topological polar surface area (TPSA) is 113 Å². The van der Waals surface area contributed by atoms with Crippen LogP contribution in [0, 0.1) is 5.92 Å². The number of hydrogen-bond donors (Lipinski definition) is 2. The zero-order valence-corrected chi connectivity index (χ0v) is 20.7. The van der Waals surface area contributed by atoms with E-state index in [1.807, 2.05) is 0 Å². The molecule has 2 N–H and O–H groups in total. The summed E-state index contributed by atoms with van der Waals surface area (Å²) in [5, 5.41) is 6.04. The third-order valence-electron chi connectivity index (χ3n) is 7.56. The molecule has 1 heterocycles. The predicted octanol–water partition coefficient (Wildman–Crippen LogP) is 2.36. The van der Waals surface area contributed by atoms with Crippen LogP contribution in [-0.4, -0.2) is 56.9 Å². The van der Waals surface area contributed by atoms with Crippen LogP contribution in [0.5, 0.6) is 0 Å². The molecular formula is C25H35N3O5S. The highest BCUT2D eigenvalue weighted by Gasteiger charge is 2.44. The Balaban J connectivity index is 1.44. The van der Waals surface area contributed by atoms with E-state index in [0.717, 1.165) is 51.2 Å². The second kappa shape index (κ2) is 10.1. The van der Waals surface area contributed by atoms with Crippen molar-refractivity contribution < 1.29 is 22.8 Å². The number of nitrogens with zero attached hydrogens (tertiary/aromatic N) is 1. The molecule has 2 saturated carbocycles. The lowest BCUT2D eigenvalue weighted by Crippen LogP contribution is -2.64. The molecule has 9 heteroatoms. The number of nitrogens with one attached hydrogen (secondary N) is 2. The lowest BCUT2D eigenvalue weighted by Gasteiger charge is -2.40. The first kappa shape index (κ1) is 24.7. The Morgan fingerprint density at radius 2 is 1.68 bits per heavy atom. The molecule has 34 heavy (non-hydrogen) atoms. The molecule has 1 unspecified atom stereocenters. The first-order chi connectivity index (χ1) is 16.2. The Bertz CT molecular complexity index is 1040. The van der Waals surface area contributed by atoms with Gasteiger partial charge in [0, 0.05) is 18.7 Å². The van der Waals surface area contributed by atoms with Crippen LogP contribution in [0.3, 0.4) is 0 Å². The minimum Gasteiger partial charge on any atom is -0.363 e. The van der Waals surface area contributed by atoms with E-state index in [4.69, 9.17) is 0 Å². The number of carbonyl (C=O) groups is 3. The number of benzene rings is 1. The number of carbonyl (C=O) groups excluding carboxylic acids is 3. The minimum absolute atomic E-state index is 0.0219. The SMILES string of the molecule is CS(=O)(=O)c1ccccc1N1CCC(NC(=O)C2(NC(=O)C3CCCC3)CCCCC2)C(=O)C1. The highest BCUT2D eigenvalue weighted by molar-refractivity contribution is 7.90. The van der Waals surface area contributed by atoms with Crippen molar-refractivity contribution in [3.63, 3.8) is 0 Å². The highest BCUT2D eigenvalue weighted by Crippen LogP contribution is 2.32. The van der Waals surface area contributed by atoms with E-state index < -0.39 is 21.4 Å². The van der Waals surface area contributed by atoms with E-state index in [9.17, 15) is 22.8 Å². The molecule has 0 bridgehead atoms. The van der Waals surface area contributed by atoms with Crippen molar-refractivity contribution in [2.75, 3.05) is 24.2 Å². The largest absolute Gasteiger partial charge is 0.363 e. The number of rotatable bonds is 6. The van der Waals surface area contributed by atoms with Crippen LogP contribution in [0.25, 0.3) is 0 Å². The Morgan fingerprint density at radius 3 is 2.32 bits per heavy atom. The first-order valence-electron chi connectivity index (χ1n) is 12.4. The summed E-state index contributed by atoms with van der Waals surface area (Å²) >= 11 is 0. The van der Waals surface area contributed by atoms with Crippen LogP contribution in [0.2, 0.25) is 0 Å². The Hall–Kier alpha value is -2.42. The van der Waals surface area contributed by atoms with Crippen LogP contribution < -0.4 is 15.5 Å². The summed E-state index contributed by atoms with van der Waals surface area (Å²) in [5.41, 5.74) is -0.436. The van der Waals surface area contributed by atoms with E-state index in [2.05, 4.69) is 10.6 Å². The number of para-hydroxylation sites is 1. The monoisotopic (exact) mass is 489 g/mol. The van der Waals surface area contributed by atoms with Crippen molar-refractivity contribution in [2.24, 2.45) is 5.92 Å².